The molecule has 0 saturated carbocycles. The predicted octanol–water partition coefficient (Wildman–Crippen LogP) is 4.29. The largest absolute Gasteiger partial charge is 0.618 e. The summed E-state index contributed by atoms with van der Waals surface area (Å²) >= 11 is 0. The molecule has 2 heteroatoms. The van der Waals surface area contributed by atoms with Gasteiger partial charge in [-0.1, -0.05) is 48.5 Å². The van der Waals surface area contributed by atoms with E-state index in [0.717, 1.165) is 26.5 Å². The van der Waals surface area contributed by atoms with Crippen LogP contribution in [-0.4, -0.2) is 0 Å². The van der Waals surface area contributed by atoms with Gasteiger partial charge in [0.2, 0.25) is 5.69 Å². The fraction of sp³-hybridized carbons (Fsp3) is 0. The van der Waals surface area contributed by atoms with E-state index < -0.39 is 0 Å². The number of pyridine rings is 1. The third-order valence-electron chi connectivity index (χ3n) is 3.83. The summed E-state index contributed by atoms with van der Waals surface area (Å²) in [7, 11) is 0. The van der Waals surface area contributed by atoms with Crippen molar-refractivity contribution in [2.45, 2.75) is 0 Å². The number of nitrogens with zero attached hydrogens (tertiary/aromatic N) is 1. The fourth-order valence-electron chi connectivity index (χ4n) is 2.73. The Morgan fingerprint density at radius 3 is 2.00 bits per heavy atom. The lowest BCUT2D eigenvalue weighted by Gasteiger charge is -2.07. The molecule has 0 saturated heterocycles. The highest BCUT2D eigenvalue weighted by Crippen LogP contribution is 2.24. The number of hydrogen-bond acceptors (Lipinski definition) is 1. The van der Waals surface area contributed by atoms with Crippen LogP contribution in [0.1, 0.15) is 0 Å². The van der Waals surface area contributed by atoms with E-state index in [1.54, 1.807) is 6.20 Å². The van der Waals surface area contributed by atoms with Crippen LogP contribution in [-0.2, 0) is 0 Å². The molecule has 100 valence electrons. The van der Waals surface area contributed by atoms with E-state index in [1.807, 2.05) is 48.5 Å². The van der Waals surface area contributed by atoms with Crippen molar-refractivity contribution in [3.8, 4) is 11.3 Å². The minimum absolute atomic E-state index is 0.680. The van der Waals surface area contributed by atoms with Gasteiger partial charge < -0.3 is 5.21 Å². The first-order chi connectivity index (χ1) is 10.3. The van der Waals surface area contributed by atoms with Crippen LogP contribution >= 0.6 is 0 Å². The van der Waals surface area contributed by atoms with Crippen LogP contribution in [0.2, 0.25) is 0 Å². The number of rotatable bonds is 1. The van der Waals surface area contributed by atoms with Crippen molar-refractivity contribution in [1.29, 1.82) is 0 Å². The average molecular weight is 271 g/mol. The Hall–Kier alpha value is -2.87. The summed E-state index contributed by atoms with van der Waals surface area (Å²) in [5, 5.41) is 16.6. The summed E-state index contributed by atoms with van der Waals surface area (Å²) in [5.74, 6) is 0. The summed E-state index contributed by atoms with van der Waals surface area (Å²) in [5.41, 5.74) is 1.62. The molecule has 3 aromatic carbocycles. The van der Waals surface area contributed by atoms with E-state index in [9.17, 15) is 5.21 Å². The van der Waals surface area contributed by atoms with Crippen molar-refractivity contribution in [1.82, 2.24) is 0 Å². The lowest BCUT2D eigenvalue weighted by atomic mass is 10.0. The van der Waals surface area contributed by atoms with E-state index in [4.69, 9.17) is 0 Å². The summed E-state index contributed by atoms with van der Waals surface area (Å²) in [6, 6.07) is 24.2. The minimum atomic E-state index is 0.680. The molecule has 0 spiro atoms. The molecule has 0 unspecified atom stereocenters. The molecule has 0 N–H and O–H groups in total. The second kappa shape index (κ2) is 4.60. The van der Waals surface area contributed by atoms with Crippen LogP contribution in [0, 0.1) is 5.21 Å². The van der Waals surface area contributed by atoms with Crippen LogP contribution in [0.4, 0.5) is 0 Å². The van der Waals surface area contributed by atoms with Gasteiger partial charge >= 0.3 is 0 Å². The first-order valence-corrected chi connectivity index (χ1v) is 6.92. The van der Waals surface area contributed by atoms with Crippen LogP contribution in [0.25, 0.3) is 32.8 Å². The van der Waals surface area contributed by atoms with Crippen molar-refractivity contribution < 1.29 is 4.73 Å². The maximum Gasteiger partial charge on any atom is 0.224 e. The van der Waals surface area contributed by atoms with Crippen LogP contribution in [0.5, 0.6) is 0 Å². The highest BCUT2D eigenvalue weighted by Gasteiger charge is 2.11. The van der Waals surface area contributed by atoms with Gasteiger partial charge in [0.25, 0.3) is 0 Å². The van der Waals surface area contributed by atoms with E-state index in [1.165, 1.54) is 5.39 Å². The molecule has 2 nitrogen and oxygen atoms in total. The molecule has 0 amide bonds. The maximum atomic E-state index is 12.3. The average Bonchev–Trinajstić information content (AvgIpc) is 2.54. The maximum absolute atomic E-state index is 12.3. The van der Waals surface area contributed by atoms with Crippen LogP contribution in [0.15, 0.2) is 79.0 Å². The molecule has 0 bridgehead atoms. The number of fused-ring (bicyclic) bond motifs is 2. The SMILES string of the molecule is [O-][n+]1cc2ccccc2cc1-c1ccc2ccccc2c1. The molecule has 21 heavy (non-hydrogen) atoms. The standard InChI is InChI=1S/C19H13NO/c21-20-13-18-8-4-3-7-16(18)12-19(20)17-10-9-14-5-1-2-6-15(14)11-17/h1-13H. The van der Waals surface area contributed by atoms with E-state index in [0.29, 0.717) is 5.69 Å². The van der Waals surface area contributed by atoms with Gasteiger partial charge in [0.15, 0.2) is 6.20 Å². The number of benzene rings is 3. The molecule has 0 atom stereocenters. The highest BCUT2D eigenvalue weighted by atomic mass is 16.5. The van der Waals surface area contributed by atoms with E-state index >= 15 is 0 Å². The lowest BCUT2D eigenvalue weighted by Crippen LogP contribution is -2.28. The van der Waals surface area contributed by atoms with Gasteiger partial charge in [-0.15, -0.1) is 0 Å². The fourth-order valence-corrected chi connectivity index (χ4v) is 2.73. The summed E-state index contributed by atoms with van der Waals surface area (Å²) in [6.45, 7) is 0. The van der Waals surface area contributed by atoms with Crippen molar-refractivity contribution in [2.75, 3.05) is 0 Å². The minimum Gasteiger partial charge on any atom is -0.618 e. The van der Waals surface area contributed by atoms with Crippen molar-refractivity contribution in [3.63, 3.8) is 0 Å². The van der Waals surface area contributed by atoms with Gasteiger partial charge in [-0.25, -0.2) is 0 Å². The van der Waals surface area contributed by atoms with E-state index in [-0.39, 0.29) is 0 Å². The Kier molecular flexibility index (Phi) is 2.61. The predicted molar refractivity (Wildman–Crippen MR) is 85.9 cm³/mol. The highest BCUT2D eigenvalue weighted by molar-refractivity contribution is 5.88. The Labute approximate surface area is 122 Å². The van der Waals surface area contributed by atoms with Gasteiger partial charge in [-0.05, 0) is 34.4 Å². The van der Waals surface area contributed by atoms with Gasteiger partial charge in [0.05, 0.1) is 0 Å². The number of aromatic nitrogens is 1. The quantitative estimate of drug-likeness (QED) is 0.374. The van der Waals surface area contributed by atoms with Gasteiger partial charge in [0.1, 0.15) is 0 Å². The Morgan fingerprint density at radius 1 is 0.619 bits per heavy atom. The first-order valence-electron chi connectivity index (χ1n) is 6.92. The Morgan fingerprint density at radius 2 is 1.24 bits per heavy atom. The van der Waals surface area contributed by atoms with Crippen molar-refractivity contribution >= 4 is 21.5 Å². The molecular formula is C19H13NO. The third-order valence-corrected chi connectivity index (χ3v) is 3.83. The van der Waals surface area contributed by atoms with Gasteiger partial charge in [0, 0.05) is 17.0 Å². The molecule has 0 aliphatic rings. The molecule has 0 fully saturated rings. The zero-order chi connectivity index (χ0) is 14.2. The molecule has 0 aliphatic carbocycles. The molecule has 1 aromatic heterocycles. The zero-order valence-electron chi connectivity index (χ0n) is 11.4. The lowest BCUT2D eigenvalue weighted by molar-refractivity contribution is -0.592. The van der Waals surface area contributed by atoms with Gasteiger partial charge in [-0.3, -0.25) is 0 Å². The second-order valence-corrected chi connectivity index (χ2v) is 5.18. The Bertz CT molecular complexity index is 960. The molecule has 4 aromatic rings. The molecule has 4 rings (SSSR count). The molecule has 1 heterocycles. The molecule has 0 radical (unpaired) electrons. The zero-order valence-corrected chi connectivity index (χ0v) is 11.4. The van der Waals surface area contributed by atoms with Crippen LogP contribution in [0.3, 0.4) is 0 Å². The topological polar surface area (TPSA) is 26.9 Å². The second-order valence-electron chi connectivity index (χ2n) is 5.18. The van der Waals surface area contributed by atoms with Gasteiger partial charge in [-0.2, -0.15) is 4.73 Å². The monoisotopic (exact) mass is 271 g/mol. The van der Waals surface area contributed by atoms with Crippen molar-refractivity contribution in [2.24, 2.45) is 0 Å². The molecular weight excluding hydrogens is 258 g/mol. The summed E-state index contributed by atoms with van der Waals surface area (Å²) < 4.78 is 0.951. The van der Waals surface area contributed by atoms with Crippen LogP contribution < -0.4 is 4.73 Å². The van der Waals surface area contributed by atoms with Crippen molar-refractivity contribution in [3.05, 3.63) is 84.2 Å². The summed E-state index contributed by atoms with van der Waals surface area (Å²) in [4.78, 5) is 0. The smallest absolute Gasteiger partial charge is 0.224 e. The number of hydrogen-bond donors (Lipinski definition) is 0. The normalized spacial score (nSPS) is 11.0. The van der Waals surface area contributed by atoms with E-state index in [2.05, 4.69) is 24.3 Å². The Balaban J connectivity index is 1.96. The molecule has 0 aliphatic heterocycles. The third kappa shape index (κ3) is 2.01. The summed E-state index contributed by atoms with van der Waals surface area (Å²) in [6.07, 6.45) is 1.64. The first kappa shape index (κ1) is 11.9.